The molecule has 0 fully saturated rings. The Balaban J connectivity index is 2.20. The number of hydrogen-bond donors (Lipinski definition) is 1. The minimum absolute atomic E-state index is 0.135. The first-order chi connectivity index (χ1) is 11.3. The van der Waals surface area contributed by atoms with Gasteiger partial charge in [-0.2, -0.15) is 0 Å². The standard InChI is InChI=1S/C18H22N2O3S/c1-14(2)13-20(3)18(21)15-8-7-9-16(12-15)19-24(22,23)17-10-5-4-6-11-17/h4-12,14,19H,13H2,1-3H3. The van der Waals surface area contributed by atoms with Gasteiger partial charge in [-0.25, -0.2) is 8.42 Å². The number of carbonyl (C=O) groups is 1. The molecule has 0 unspecified atom stereocenters. The molecule has 0 spiro atoms. The summed E-state index contributed by atoms with van der Waals surface area (Å²) in [6.07, 6.45) is 0. The lowest BCUT2D eigenvalue weighted by molar-refractivity contribution is 0.0779. The van der Waals surface area contributed by atoms with Crippen LogP contribution in [0.5, 0.6) is 0 Å². The van der Waals surface area contributed by atoms with E-state index in [0.29, 0.717) is 23.7 Å². The highest BCUT2D eigenvalue weighted by molar-refractivity contribution is 7.92. The van der Waals surface area contributed by atoms with Crippen LogP contribution in [0.25, 0.3) is 0 Å². The Morgan fingerprint density at radius 3 is 2.38 bits per heavy atom. The molecule has 0 aliphatic heterocycles. The fraction of sp³-hybridized carbons (Fsp3) is 0.278. The number of rotatable bonds is 6. The first-order valence-electron chi connectivity index (χ1n) is 7.73. The molecule has 0 aliphatic rings. The Labute approximate surface area is 143 Å². The van der Waals surface area contributed by atoms with Crippen molar-refractivity contribution in [2.75, 3.05) is 18.3 Å². The molecule has 1 amide bonds. The number of anilines is 1. The average Bonchev–Trinajstić information content (AvgIpc) is 2.54. The molecule has 24 heavy (non-hydrogen) atoms. The molecule has 0 aliphatic carbocycles. The first-order valence-corrected chi connectivity index (χ1v) is 9.21. The highest BCUT2D eigenvalue weighted by atomic mass is 32.2. The topological polar surface area (TPSA) is 66.5 Å². The largest absolute Gasteiger partial charge is 0.341 e. The summed E-state index contributed by atoms with van der Waals surface area (Å²) in [6, 6.07) is 14.6. The van der Waals surface area contributed by atoms with Gasteiger partial charge in [0.15, 0.2) is 0 Å². The van der Waals surface area contributed by atoms with Gasteiger partial charge in [0.1, 0.15) is 0 Å². The maximum absolute atomic E-state index is 12.4. The van der Waals surface area contributed by atoms with Crippen LogP contribution in [-0.4, -0.2) is 32.8 Å². The summed E-state index contributed by atoms with van der Waals surface area (Å²) in [5.41, 5.74) is 0.814. The molecule has 0 saturated heterocycles. The zero-order valence-corrected chi connectivity index (χ0v) is 14.9. The number of nitrogens with zero attached hydrogens (tertiary/aromatic N) is 1. The lowest BCUT2D eigenvalue weighted by atomic mass is 10.1. The van der Waals surface area contributed by atoms with Crippen molar-refractivity contribution in [2.45, 2.75) is 18.7 Å². The normalized spacial score (nSPS) is 11.3. The first kappa shape index (κ1) is 18.0. The Hall–Kier alpha value is -2.34. The molecule has 2 rings (SSSR count). The predicted octanol–water partition coefficient (Wildman–Crippen LogP) is 3.22. The molecule has 6 heteroatoms. The molecule has 0 saturated carbocycles. The third kappa shape index (κ3) is 4.58. The van der Waals surface area contributed by atoms with Crippen molar-refractivity contribution >= 4 is 21.6 Å². The van der Waals surface area contributed by atoms with Gasteiger partial charge in [-0.1, -0.05) is 38.1 Å². The summed E-state index contributed by atoms with van der Waals surface area (Å²) in [5, 5.41) is 0. The fourth-order valence-corrected chi connectivity index (χ4v) is 3.45. The van der Waals surface area contributed by atoms with Gasteiger partial charge in [0.25, 0.3) is 15.9 Å². The van der Waals surface area contributed by atoms with Gasteiger partial charge < -0.3 is 4.90 Å². The number of carbonyl (C=O) groups excluding carboxylic acids is 1. The highest BCUT2D eigenvalue weighted by Gasteiger charge is 2.16. The van der Waals surface area contributed by atoms with Gasteiger partial charge in [0.05, 0.1) is 4.90 Å². The molecule has 0 aromatic heterocycles. The summed E-state index contributed by atoms with van der Waals surface area (Å²) in [5.74, 6) is 0.225. The second-order valence-corrected chi connectivity index (χ2v) is 7.76. The van der Waals surface area contributed by atoms with E-state index in [-0.39, 0.29) is 10.8 Å². The van der Waals surface area contributed by atoms with Crippen LogP contribution in [0.4, 0.5) is 5.69 Å². The van der Waals surface area contributed by atoms with Crippen molar-refractivity contribution in [2.24, 2.45) is 5.92 Å². The molecular weight excluding hydrogens is 324 g/mol. The summed E-state index contributed by atoms with van der Waals surface area (Å²) >= 11 is 0. The molecule has 0 radical (unpaired) electrons. The van der Waals surface area contributed by atoms with Crippen molar-refractivity contribution < 1.29 is 13.2 Å². The average molecular weight is 346 g/mol. The predicted molar refractivity (Wildman–Crippen MR) is 95.5 cm³/mol. The van der Waals surface area contributed by atoms with E-state index in [0.717, 1.165) is 0 Å². The van der Waals surface area contributed by atoms with Gasteiger partial charge in [-0.05, 0) is 36.2 Å². The lowest BCUT2D eigenvalue weighted by Gasteiger charge is -2.19. The van der Waals surface area contributed by atoms with Crippen molar-refractivity contribution in [1.82, 2.24) is 4.90 Å². The molecule has 2 aromatic rings. The maximum Gasteiger partial charge on any atom is 0.261 e. The van der Waals surface area contributed by atoms with Crippen molar-refractivity contribution in [3.05, 3.63) is 60.2 Å². The summed E-state index contributed by atoms with van der Waals surface area (Å²) < 4.78 is 27.2. The molecule has 0 atom stereocenters. The Morgan fingerprint density at radius 1 is 1.08 bits per heavy atom. The Bertz CT molecular complexity index is 802. The van der Waals surface area contributed by atoms with E-state index in [4.69, 9.17) is 0 Å². The number of amides is 1. The van der Waals surface area contributed by atoms with Gasteiger partial charge >= 0.3 is 0 Å². The van der Waals surface area contributed by atoms with E-state index >= 15 is 0 Å². The molecule has 0 heterocycles. The van der Waals surface area contributed by atoms with Crippen molar-refractivity contribution in [3.63, 3.8) is 0 Å². The number of hydrogen-bond acceptors (Lipinski definition) is 3. The summed E-state index contributed by atoms with van der Waals surface area (Å²) in [6.45, 7) is 4.71. The van der Waals surface area contributed by atoms with Crippen LogP contribution in [0.1, 0.15) is 24.2 Å². The van der Waals surface area contributed by atoms with Crippen LogP contribution in [-0.2, 0) is 10.0 Å². The fourth-order valence-electron chi connectivity index (χ4n) is 2.38. The van der Waals surface area contributed by atoms with Crippen LogP contribution >= 0.6 is 0 Å². The van der Waals surface area contributed by atoms with Gasteiger partial charge in [0, 0.05) is 24.8 Å². The molecule has 2 aromatic carbocycles. The SMILES string of the molecule is CC(C)CN(C)C(=O)c1cccc(NS(=O)(=O)c2ccccc2)c1. The Kier molecular flexibility index (Phi) is 5.62. The van der Waals surface area contributed by atoms with Crippen LogP contribution in [0.3, 0.4) is 0 Å². The number of benzene rings is 2. The second kappa shape index (κ2) is 7.49. The summed E-state index contributed by atoms with van der Waals surface area (Å²) in [7, 11) is -1.93. The smallest absolute Gasteiger partial charge is 0.261 e. The molecule has 0 bridgehead atoms. The number of sulfonamides is 1. The van der Waals surface area contributed by atoms with E-state index in [1.807, 2.05) is 13.8 Å². The third-order valence-electron chi connectivity index (χ3n) is 3.40. The van der Waals surface area contributed by atoms with Crippen LogP contribution < -0.4 is 4.72 Å². The second-order valence-electron chi connectivity index (χ2n) is 6.08. The Morgan fingerprint density at radius 2 is 1.75 bits per heavy atom. The maximum atomic E-state index is 12.4. The van der Waals surface area contributed by atoms with Crippen LogP contribution in [0, 0.1) is 5.92 Å². The monoisotopic (exact) mass is 346 g/mol. The molecular formula is C18H22N2O3S. The quantitative estimate of drug-likeness (QED) is 0.873. The van der Waals surface area contributed by atoms with E-state index in [1.54, 1.807) is 54.4 Å². The van der Waals surface area contributed by atoms with Crippen molar-refractivity contribution in [3.8, 4) is 0 Å². The van der Waals surface area contributed by atoms with E-state index < -0.39 is 10.0 Å². The minimum Gasteiger partial charge on any atom is -0.341 e. The van der Waals surface area contributed by atoms with Gasteiger partial charge in [-0.3, -0.25) is 9.52 Å². The molecule has 5 nitrogen and oxygen atoms in total. The minimum atomic E-state index is -3.67. The van der Waals surface area contributed by atoms with Gasteiger partial charge in [0.2, 0.25) is 0 Å². The van der Waals surface area contributed by atoms with E-state index in [9.17, 15) is 13.2 Å². The van der Waals surface area contributed by atoms with Crippen LogP contribution in [0.15, 0.2) is 59.5 Å². The lowest BCUT2D eigenvalue weighted by Crippen LogP contribution is -2.30. The van der Waals surface area contributed by atoms with E-state index in [1.165, 1.54) is 12.1 Å². The van der Waals surface area contributed by atoms with E-state index in [2.05, 4.69) is 4.72 Å². The molecule has 128 valence electrons. The highest BCUT2D eigenvalue weighted by Crippen LogP contribution is 2.18. The zero-order valence-electron chi connectivity index (χ0n) is 14.1. The van der Waals surface area contributed by atoms with Crippen LogP contribution in [0.2, 0.25) is 0 Å². The number of nitrogens with one attached hydrogen (secondary N) is 1. The van der Waals surface area contributed by atoms with Crippen molar-refractivity contribution in [1.29, 1.82) is 0 Å². The molecule has 1 N–H and O–H groups in total. The zero-order chi connectivity index (χ0) is 17.7. The van der Waals surface area contributed by atoms with Gasteiger partial charge in [-0.15, -0.1) is 0 Å². The summed E-state index contributed by atoms with van der Waals surface area (Å²) in [4.78, 5) is 14.2. The third-order valence-corrected chi connectivity index (χ3v) is 4.80.